The molecule has 3 aromatic rings. The topological polar surface area (TPSA) is 59.4 Å². The van der Waals surface area contributed by atoms with Gasteiger partial charge in [0.2, 0.25) is 0 Å². The molecule has 0 amide bonds. The van der Waals surface area contributed by atoms with Crippen molar-refractivity contribution >= 4 is 34.7 Å². The first-order valence-corrected chi connectivity index (χ1v) is 11.6. The van der Waals surface area contributed by atoms with Gasteiger partial charge in [-0.25, -0.2) is 0 Å². The van der Waals surface area contributed by atoms with Gasteiger partial charge in [-0.3, -0.25) is 9.98 Å². The van der Waals surface area contributed by atoms with Gasteiger partial charge in [-0.15, -0.1) is 0 Å². The standard InChI is InChI=1S/C27H30N6.Pt/c1-25(2)15-9-10-16-22-21(15)30-23(25)32(7)19-13-11-17(28-19)27(5,6)18-12-14-20(29-18)33(8)24(31-22)26(16,3)4;/h9-14H,1-8H3;/q-2;+2. The van der Waals surface area contributed by atoms with E-state index in [4.69, 9.17) is 20.0 Å². The molecule has 0 fully saturated rings. The third kappa shape index (κ3) is 2.78. The van der Waals surface area contributed by atoms with Crippen molar-refractivity contribution in [3.05, 3.63) is 58.9 Å². The minimum atomic E-state index is -0.322. The van der Waals surface area contributed by atoms with Crippen LogP contribution < -0.4 is 19.8 Å². The Morgan fingerprint density at radius 1 is 0.588 bits per heavy atom. The second-order valence-corrected chi connectivity index (χ2v) is 11.1. The number of hydrogen-bond donors (Lipinski definition) is 0. The van der Waals surface area contributed by atoms with Gasteiger partial charge in [-0.05, 0) is 11.1 Å². The van der Waals surface area contributed by atoms with Crippen molar-refractivity contribution in [1.29, 1.82) is 0 Å². The van der Waals surface area contributed by atoms with E-state index in [0.29, 0.717) is 0 Å². The summed E-state index contributed by atoms with van der Waals surface area (Å²) in [5, 5.41) is 0. The fraction of sp³-hybridized carbons (Fsp3) is 0.407. The smallest absolute Gasteiger partial charge is 0.439 e. The first kappa shape index (κ1) is 23.2. The molecule has 0 unspecified atom stereocenters. The molecule has 2 aromatic heterocycles. The summed E-state index contributed by atoms with van der Waals surface area (Å²) in [6.45, 7) is 13.3. The summed E-state index contributed by atoms with van der Waals surface area (Å²) in [5.74, 6) is 3.78. The molecule has 8 bridgehead atoms. The van der Waals surface area contributed by atoms with Crippen molar-refractivity contribution in [1.82, 2.24) is 9.97 Å². The van der Waals surface area contributed by atoms with Gasteiger partial charge in [0.05, 0.1) is 11.4 Å². The van der Waals surface area contributed by atoms with Crippen LogP contribution in [0.15, 0.2) is 46.4 Å². The number of likely N-dealkylation sites (N-methyl/N-ethyl adjacent to an activating group) is 2. The summed E-state index contributed by atoms with van der Waals surface area (Å²) in [6.07, 6.45) is 0. The van der Waals surface area contributed by atoms with Crippen molar-refractivity contribution in [3.63, 3.8) is 0 Å². The fourth-order valence-corrected chi connectivity index (χ4v) is 5.66. The van der Waals surface area contributed by atoms with Crippen LogP contribution in [0.25, 0.3) is 0 Å². The molecular formula is C27H30N6Pt. The summed E-state index contributed by atoms with van der Waals surface area (Å²) in [6, 6.07) is 12.9. The SMILES string of the molecule is CN1C2=Nc3c(ccc4c3N=C(N(C)c3ccc([n-]3)C(C)(C)c3ccc1[n-]3)C4(C)C)C2(C)C.[Pt+2]. The zero-order valence-electron chi connectivity index (χ0n) is 21.0. The first-order chi connectivity index (χ1) is 15.4. The number of amidine groups is 2. The molecule has 0 saturated heterocycles. The van der Waals surface area contributed by atoms with Gasteiger partial charge in [0.1, 0.15) is 0 Å². The molecule has 6 nitrogen and oxygen atoms in total. The van der Waals surface area contributed by atoms with Crippen LogP contribution in [0.1, 0.15) is 64.1 Å². The van der Waals surface area contributed by atoms with Gasteiger partial charge in [0.25, 0.3) is 0 Å². The molecule has 0 saturated carbocycles. The van der Waals surface area contributed by atoms with E-state index >= 15 is 0 Å². The third-order valence-electron chi connectivity index (χ3n) is 7.91. The Balaban J connectivity index is 0.00000241. The van der Waals surface area contributed by atoms with Crippen LogP contribution in [0.2, 0.25) is 0 Å². The van der Waals surface area contributed by atoms with E-state index < -0.39 is 0 Å². The van der Waals surface area contributed by atoms with Gasteiger partial charge >= 0.3 is 21.1 Å². The number of anilines is 2. The van der Waals surface area contributed by atoms with Gasteiger partial charge in [-0.2, -0.15) is 0 Å². The number of nitrogens with zero attached hydrogens (tertiary/aromatic N) is 6. The molecule has 178 valence electrons. The summed E-state index contributed by atoms with van der Waals surface area (Å²) in [5.41, 5.74) is 5.56. The van der Waals surface area contributed by atoms with Gasteiger partial charge in [0.15, 0.2) is 0 Å². The summed E-state index contributed by atoms with van der Waals surface area (Å²) < 4.78 is 0. The zero-order valence-corrected chi connectivity index (χ0v) is 23.2. The number of aliphatic imine (C=N–C) groups is 2. The predicted molar refractivity (Wildman–Crippen MR) is 135 cm³/mol. The normalized spacial score (nSPS) is 20.5. The Morgan fingerprint density at radius 3 is 1.35 bits per heavy atom. The van der Waals surface area contributed by atoms with E-state index in [1.54, 1.807) is 0 Å². The van der Waals surface area contributed by atoms with Gasteiger partial charge in [-0.1, -0.05) is 115 Å². The van der Waals surface area contributed by atoms with Crippen LogP contribution in [-0.2, 0) is 37.3 Å². The molecule has 3 aliphatic heterocycles. The maximum Gasteiger partial charge on any atom is 2.00 e. The monoisotopic (exact) mass is 633 g/mol. The number of fused-ring (bicyclic) bond motifs is 4. The first-order valence-electron chi connectivity index (χ1n) is 11.6. The Kier molecular flexibility index (Phi) is 4.75. The second-order valence-electron chi connectivity index (χ2n) is 11.1. The van der Waals surface area contributed by atoms with Crippen molar-refractivity contribution in [2.75, 3.05) is 23.9 Å². The van der Waals surface area contributed by atoms with E-state index in [-0.39, 0.29) is 37.3 Å². The van der Waals surface area contributed by atoms with E-state index in [1.165, 1.54) is 11.1 Å². The molecular weight excluding hydrogens is 603 g/mol. The van der Waals surface area contributed by atoms with E-state index in [9.17, 15) is 0 Å². The Morgan fingerprint density at radius 2 is 0.971 bits per heavy atom. The quantitative estimate of drug-likeness (QED) is 0.344. The minimum absolute atomic E-state index is 0. The fourth-order valence-electron chi connectivity index (χ4n) is 5.66. The van der Waals surface area contributed by atoms with Crippen LogP contribution in [0.5, 0.6) is 0 Å². The van der Waals surface area contributed by atoms with E-state index in [0.717, 1.165) is 46.1 Å². The van der Waals surface area contributed by atoms with Crippen LogP contribution in [0.4, 0.5) is 23.0 Å². The van der Waals surface area contributed by atoms with Crippen LogP contribution >= 0.6 is 0 Å². The molecule has 5 heterocycles. The average Bonchev–Trinajstić information content (AvgIpc) is 3.51. The summed E-state index contributed by atoms with van der Waals surface area (Å²) in [4.78, 5) is 24.7. The van der Waals surface area contributed by atoms with Crippen molar-refractivity contribution in [2.24, 2.45) is 9.98 Å². The molecule has 34 heavy (non-hydrogen) atoms. The van der Waals surface area contributed by atoms with E-state index in [2.05, 4.69) is 102 Å². The molecule has 0 aliphatic carbocycles. The molecule has 0 N–H and O–H groups in total. The predicted octanol–water partition coefficient (Wildman–Crippen LogP) is 5.15. The summed E-state index contributed by atoms with van der Waals surface area (Å²) >= 11 is 0. The average molecular weight is 634 g/mol. The molecule has 0 atom stereocenters. The van der Waals surface area contributed by atoms with Gasteiger partial charge in [0, 0.05) is 27.9 Å². The number of benzene rings is 1. The maximum atomic E-state index is 5.20. The molecule has 6 rings (SSSR count). The molecule has 1 aromatic carbocycles. The minimum Gasteiger partial charge on any atom is -0.439 e. The van der Waals surface area contributed by atoms with Crippen LogP contribution in [0, 0.1) is 0 Å². The van der Waals surface area contributed by atoms with Crippen molar-refractivity contribution < 1.29 is 21.1 Å². The maximum absolute atomic E-state index is 5.20. The molecule has 3 aliphatic rings. The molecule has 7 heteroatoms. The van der Waals surface area contributed by atoms with E-state index in [1.807, 2.05) is 0 Å². The largest absolute Gasteiger partial charge is 2.00 e. The van der Waals surface area contributed by atoms with Gasteiger partial charge < -0.3 is 19.8 Å². The number of hydrogen-bond acceptors (Lipinski definition) is 4. The van der Waals surface area contributed by atoms with Crippen LogP contribution in [0.3, 0.4) is 0 Å². The molecule has 0 spiro atoms. The Hall–Kier alpha value is -2.59. The Labute approximate surface area is 215 Å². The third-order valence-corrected chi connectivity index (χ3v) is 7.91. The Bertz CT molecular complexity index is 1280. The zero-order chi connectivity index (χ0) is 23.5. The molecule has 0 radical (unpaired) electrons. The number of rotatable bonds is 0. The summed E-state index contributed by atoms with van der Waals surface area (Å²) in [7, 11) is 4.13. The van der Waals surface area contributed by atoms with Crippen molar-refractivity contribution in [3.8, 4) is 0 Å². The second kappa shape index (κ2) is 6.97. The van der Waals surface area contributed by atoms with Crippen molar-refractivity contribution in [2.45, 2.75) is 57.8 Å². The van der Waals surface area contributed by atoms with Crippen LogP contribution in [-0.4, -0.2) is 25.8 Å². The number of aromatic nitrogens is 2.